The predicted octanol–water partition coefficient (Wildman–Crippen LogP) is 2.74. The molecule has 2 aliphatic rings. The molecule has 2 aromatic rings. The normalized spacial score (nSPS) is 18.5. The third-order valence-electron chi connectivity index (χ3n) is 5.94. The second kappa shape index (κ2) is 8.36. The molecule has 2 aliphatic heterocycles. The number of nitrogens with zero attached hydrogens (tertiary/aromatic N) is 5. The minimum absolute atomic E-state index is 0.924. The Balaban J connectivity index is 1.38. The van der Waals surface area contributed by atoms with Gasteiger partial charge in [-0.1, -0.05) is 38.1 Å². The highest BCUT2D eigenvalue weighted by molar-refractivity contribution is 5.35. The first-order chi connectivity index (χ1) is 13.2. The fourth-order valence-corrected chi connectivity index (χ4v) is 4.05. The minimum atomic E-state index is 0.924. The second-order valence-corrected chi connectivity index (χ2v) is 7.69. The zero-order valence-corrected chi connectivity index (χ0v) is 16.7. The minimum Gasteiger partial charge on any atom is -0.338 e. The van der Waals surface area contributed by atoms with Gasteiger partial charge in [0.15, 0.2) is 0 Å². The van der Waals surface area contributed by atoms with Crippen molar-refractivity contribution < 1.29 is 0 Å². The van der Waals surface area contributed by atoms with Gasteiger partial charge >= 0.3 is 0 Å². The summed E-state index contributed by atoms with van der Waals surface area (Å²) < 4.78 is 0. The van der Waals surface area contributed by atoms with E-state index in [9.17, 15) is 0 Å². The van der Waals surface area contributed by atoms with Crippen molar-refractivity contribution >= 4 is 5.95 Å². The highest BCUT2D eigenvalue weighted by Crippen LogP contribution is 2.21. The van der Waals surface area contributed by atoms with Crippen LogP contribution in [-0.2, 0) is 25.9 Å². The number of benzene rings is 1. The summed E-state index contributed by atoms with van der Waals surface area (Å²) in [6.07, 6.45) is 4.19. The number of likely N-dealkylation sites (N-methyl/N-ethyl adjacent to an activating group) is 1. The summed E-state index contributed by atoms with van der Waals surface area (Å²) in [5, 5.41) is 0. The van der Waals surface area contributed by atoms with Gasteiger partial charge < -0.3 is 9.80 Å². The van der Waals surface area contributed by atoms with E-state index >= 15 is 0 Å². The Morgan fingerprint density at radius 2 is 1.63 bits per heavy atom. The van der Waals surface area contributed by atoms with Crippen molar-refractivity contribution in [1.29, 1.82) is 0 Å². The number of anilines is 1. The number of fused-ring (bicyclic) bond motifs is 1. The van der Waals surface area contributed by atoms with Gasteiger partial charge in [0, 0.05) is 64.0 Å². The Morgan fingerprint density at radius 1 is 0.889 bits per heavy atom. The highest BCUT2D eigenvalue weighted by atomic mass is 15.3. The molecule has 3 heterocycles. The molecule has 0 aliphatic carbocycles. The molecule has 0 radical (unpaired) electrons. The van der Waals surface area contributed by atoms with E-state index in [4.69, 9.17) is 9.97 Å². The van der Waals surface area contributed by atoms with Crippen molar-refractivity contribution in [2.24, 2.45) is 0 Å². The molecule has 0 bridgehead atoms. The molecule has 5 heteroatoms. The topological polar surface area (TPSA) is 35.5 Å². The van der Waals surface area contributed by atoms with E-state index in [-0.39, 0.29) is 0 Å². The molecular formula is C22H31N5. The molecule has 1 fully saturated rings. The Morgan fingerprint density at radius 3 is 2.33 bits per heavy atom. The van der Waals surface area contributed by atoms with Crippen LogP contribution in [0.5, 0.6) is 0 Å². The lowest BCUT2D eigenvalue weighted by Gasteiger charge is -2.35. The largest absolute Gasteiger partial charge is 0.338 e. The maximum atomic E-state index is 4.92. The van der Waals surface area contributed by atoms with Crippen LogP contribution < -0.4 is 4.90 Å². The van der Waals surface area contributed by atoms with Crippen LogP contribution in [-0.4, -0.2) is 59.0 Å². The van der Waals surface area contributed by atoms with Crippen LogP contribution >= 0.6 is 0 Å². The lowest BCUT2D eigenvalue weighted by atomic mass is 10.1. The van der Waals surface area contributed by atoms with E-state index in [0.717, 1.165) is 71.1 Å². The lowest BCUT2D eigenvalue weighted by Crippen LogP contribution is -2.47. The quantitative estimate of drug-likeness (QED) is 0.814. The third-order valence-corrected chi connectivity index (χ3v) is 5.94. The number of hydrogen-bond donors (Lipinski definition) is 0. The van der Waals surface area contributed by atoms with E-state index in [1.807, 2.05) is 0 Å². The summed E-state index contributed by atoms with van der Waals surface area (Å²) in [7, 11) is 0. The molecule has 144 valence electrons. The Hall–Kier alpha value is -1.98. The van der Waals surface area contributed by atoms with E-state index < -0.39 is 0 Å². The summed E-state index contributed by atoms with van der Waals surface area (Å²) in [4.78, 5) is 17.0. The van der Waals surface area contributed by atoms with Crippen LogP contribution in [0.25, 0.3) is 0 Å². The van der Waals surface area contributed by atoms with Crippen molar-refractivity contribution in [3.63, 3.8) is 0 Å². The molecule has 5 nitrogen and oxygen atoms in total. The molecule has 1 aromatic heterocycles. The smallest absolute Gasteiger partial charge is 0.225 e. The summed E-state index contributed by atoms with van der Waals surface area (Å²) in [6.45, 7) is 12.9. The van der Waals surface area contributed by atoms with Crippen LogP contribution in [0.2, 0.25) is 0 Å². The number of aromatic nitrogens is 2. The molecule has 1 aromatic carbocycles. The number of aryl methyl sites for hydroxylation is 1. The van der Waals surface area contributed by atoms with Crippen LogP contribution in [0, 0.1) is 0 Å². The number of piperazine rings is 1. The van der Waals surface area contributed by atoms with Gasteiger partial charge in [-0.3, -0.25) is 4.90 Å². The van der Waals surface area contributed by atoms with Crippen LogP contribution in [0.3, 0.4) is 0 Å². The van der Waals surface area contributed by atoms with Crippen molar-refractivity contribution in [2.75, 3.05) is 44.2 Å². The second-order valence-electron chi connectivity index (χ2n) is 7.69. The summed E-state index contributed by atoms with van der Waals surface area (Å²) in [6, 6.07) is 9.04. The van der Waals surface area contributed by atoms with Crippen molar-refractivity contribution in [3.05, 3.63) is 52.8 Å². The molecule has 4 rings (SSSR count). The molecule has 27 heavy (non-hydrogen) atoms. The number of rotatable bonds is 5. The van der Waals surface area contributed by atoms with Crippen LogP contribution in [0.15, 0.2) is 30.5 Å². The van der Waals surface area contributed by atoms with Gasteiger partial charge in [0.05, 0.1) is 5.69 Å². The zero-order chi connectivity index (χ0) is 18.6. The summed E-state index contributed by atoms with van der Waals surface area (Å²) in [5.41, 5.74) is 5.34. The van der Waals surface area contributed by atoms with Crippen molar-refractivity contribution in [3.8, 4) is 0 Å². The molecule has 0 amide bonds. The first-order valence-corrected chi connectivity index (χ1v) is 10.4. The fourth-order valence-electron chi connectivity index (χ4n) is 4.05. The van der Waals surface area contributed by atoms with Gasteiger partial charge in [-0.15, -0.1) is 0 Å². The molecular weight excluding hydrogens is 334 g/mol. The Labute approximate surface area is 163 Å². The first-order valence-electron chi connectivity index (χ1n) is 10.4. The predicted molar refractivity (Wildman–Crippen MR) is 110 cm³/mol. The molecule has 0 N–H and O–H groups in total. The SMILES string of the molecule is CCc1ccc(CN2CCc3nc(N4CCN(CC)CC4)ncc3C2)cc1. The van der Waals surface area contributed by atoms with Crippen molar-refractivity contribution in [2.45, 2.75) is 39.8 Å². The standard InChI is InChI=1S/C22H31N5/c1-3-18-5-7-19(8-6-18)16-26-10-9-21-20(17-26)15-23-22(24-21)27-13-11-25(4-2)12-14-27/h5-8,15H,3-4,9-14,16-17H2,1-2H3. The summed E-state index contributed by atoms with van der Waals surface area (Å²) in [5.74, 6) is 0.924. The zero-order valence-electron chi connectivity index (χ0n) is 16.7. The first kappa shape index (κ1) is 18.4. The van der Waals surface area contributed by atoms with Gasteiger partial charge in [-0.2, -0.15) is 0 Å². The van der Waals surface area contributed by atoms with Gasteiger partial charge in [-0.25, -0.2) is 9.97 Å². The van der Waals surface area contributed by atoms with Gasteiger partial charge in [-0.05, 0) is 24.1 Å². The van der Waals surface area contributed by atoms with E-state index in [1.165, 1.54) is 22.4 Å². The maximum absolute atomic E-state index is 4.92. The maximum Gasteiger partial charge on any atom is 0.225 e. The Kier molecular flexibility index (Phi) is 5.69. The van der Waals surface area contributed by atoms with E-state index in [1.54, 1.807) is 0 Å². The average molecular weight is 366 g/mol. The Bertz CT molecular complexity index is 750. The van der Waals surface area contributed by atoms with Gasteiger partial charge in [0.2, 0.25) is 5.95 Å². The molecule has 0 atom stereocenters. The van der Waals surface area contributed by atoms with Crippen LogP contribution in [0.1, 0.15) is 36.2 Å². The fraction of sp³-hybridized carbons (Fsp3) is 0.545. The molecule has 0 spiro atoms. The van der Waals surface area contributed by atoms with Crippen LogP contribution in [0.4, 0.5) is 5.95 Å². The van der Waals surface area contributed by atoms with E-state index in [2.05, 4.69) is 59.0 Å². The monoisotopic (exact) mass is 365 g/mol. The molecule has 1 saturated heterocycles. The molecule has 0 saturated carbocycles. The van der Waals surface area contributed by atoms with E-state index in [0.29, 0.717) is 0 Å². The van der Waals surface area contributed by atoms with Gasteiger partial charge in [0.1, 0.15) is 0 Å². The highest BCUT2D eigenvalue weighted by Gasteiger charge is 2.22. The average Bonchev–Trinajstić information content (AvgIpc) is 2.74. The number of hydrogen-bond acceptors (Lipinski definition) is 5. The third kappa shape index (κ3) is 4.30. The van der Waals surface area contributed by atoms with Crippen molar-refractivity contribution in [1.82, 2.24) is 19.8 Å². The lowest BCUT2D eigenvalue weighted by molar-refractivity contribution is 0.242. The molecule has 0 unspecified atom stereocenters. The summed E-state index contributed by atoms with van der Waals surface area (Å²) >= 11 is 0. The van der Waals surface area contributed by atoms with Gasteiger partial charge in [0.25, 0.3) is 0 Å².